The second kappa shape index (κ2) is 9.87. The van der Waals surface area contributed by atoms with Gasteiger partial charge < -0.3 is 19.2 Å². The molecular formula is C19H17Cl2N3O4S. The second-order valence-electron chi connectivity index (χ2n) is 5.81. The number of anilines is 1. The Morgan fingerprint density at radius 3 is 2.66 bits per heavy atom. The van der Waals surface area contributed by atoms with E-state index in [0.717, 1.165) is 11.8 Å². The number of nitrogens with zero attached hydrogens (tertiary/aromatic N) is 2. The van der Waals surface area contributed by atoms with Crippen LogP contribution in [0.25, 0.3) is 0 Å². The summed E-state index contributed by atoms with van der Waals surface area (Å²) in [7, 11) is 1.58. The molecule has 0 fully saturated rings. The predicted molar refractivity (Wildman–Crippen MR) is 112 cm³/mol. The molecule has 3 rings (SSSR count). The number of carbonyl (C=O) groups is 1. The van der Waals surface area contributed by atoms with E-state index in [-0.39, 0.29) is 22.8 Å². The van der Waals surface area contributed by atoms with Crippen LogP contribution in [0, 0.1) is 0 Å². The van der Waals surface area contributed by atoms with E-state index in [9.17, 15) is 4.79 Å². The number of amides is 1. The van der Waals surface area contributed by atoms with Gasteiger partial charge in [0.15, 0.2) is 6.10 Å². The third kappa shape index (κ3) is 6.03. The lowest BCUT2D eigenvalue weighted by Gasteiger charge is -2.12. The van der Waals surface area contributed by atoms with Crippen molar-refractivity contribution in [2.75, 3.05) is 18.2 Å². The third-order valence-electron chi connectivity index (χ3n) is 3.67. The molecule has 0 radical (unpaired) electrons. The molecule has 3 aromatic rings. The van der Waals surface area contributed by atoms with Crippen molar-refractivity contribution in [2.24, 2.45) is 0 Å². The summed E-state index contributed by atoms with van der Waals surface area (Å²) in [5.41, 5.74) is 0.671. The summed E-state index contributed by atoms with van der Waals surface area (Å²) in [5.74, 6) is 1.36. The minimum absolute atomic E-state index is 0.117. The Morgan fingerprint density at radius 2 is 1.97 bits per heavy atom. The molecule has 0 bridgehead atoms. The average Bonchev–Trinajstić information content (AvgIpc) is 3.18. The minimum atomic E-state index is -0.524. The standard InChI is InChI=1S/C19H17Cl2N3O4S/c1-11(27-16-8-3-12(20)9-15(16)21)18-23-24-19(28-18)29-10-17(25)22-13-4-6-14(26-2)7-5-13/h3-9,11H,10H2,1-2H3,(H,22,25)/t11-/m0/s1. The summed E-state index contributed by atoms with van der Waals surface area (Å²) in [6.07, 6.45) is -0.524. The molecule has 0 saturated carbocycles. The Kier molecular flexibility index (Phi) is 7.24. The van der Waals surface area contributed by atoms with E-state index in [1.54, 1.807) is 56.5 Å². The van der Waals surface area contributed by atoms with E-state index < -0.39 is 6.10 Å². The molecule has 1 atom stereocenters. The lowest BCUT2D eigenvalue weighted by molar-refractivity contribution is -0.113. The monoisotopic (exact) mass is 453 g/mol. The van der Waals surface area contributed by atoms with E-state index in [4.69, 9.17) is 37.1 Å². The first-order chi connectivity index (χ1) is 13.9. The van der Waals surface area contributed by atoms with Crippen LogP contribution in [0.3, 0.4) is 0 Å². The van der Waals surface area contributed by atoms with Crippen LogP contribution in [-0.4, -0.2) is 29.0 Å². The number of benzene rings is 2. The summed E-state index contributed by atoms with van der Waals surface area (Å²) >= 11 is 13.1. The molecule has 29 heavy (non-hydrogen) atoms. The number of rotatable bonds is 8. The largest absolute Gasteiger partial charge is 0.497 e. The first-order valence-corrected chi connectivity index (χ1v) is 10.2. The van der Waals surface area contributed by atoms with Gasteiger partial charge in [0.1, 0.15) is 11.5 Å². The lowest BCUT2D eigenvalue weighted by atomic mass is 10.3. The zero-order valence-corrected chi connectivity index (χ0v) is 17.8. The molecule has 0 aliphatic carbocycles. The smallest absolute Gasteiger partial charge is 0.277 e. The van der Waals surface area contributed by atoms with Crippen LogP contribution in [0.5, 0.6) is 11.5 Å². The number of halogens is 2. The summed E-state index contributed by atoms with van der Waals surface area (Å²) in [6.45, 7) is 1.75. The fourth-order valence-corrected chi connectivity index (χ4v) is 3.28. The van der Waals surface area contributed by atoms with Gasteiger partial charge in [0.2, 0.25) is 5.91 Å². The maximum absolute atomic E-state index is 12.1. The Hall–Kier alpha value is -2.42. The van der Waals surface area contributed by atoms with Crippen molar-refractivity contribution < 1.29 is 18.7 Å². The predicted octanol–water partition coefficient (Wildman–Crippen LogP) is 5.26. The van der Waals surface area contributed by atoms with Crippen LogP contribution < -0.4 is 14.8 Å². The maximum atomic E-state index is 12.1. The maximum Gasteiger partial charge on any atom is 0.277 e. The highest BCUT2D eigenvalue weighted by molar-refractivity contribution is 7.99. The van der Waals surface area contributed by atoms with Crippen LogP contribution in [0.4, 0.5) is 5.69 Å². The third-order valence-corrected chi connectivity index (χ3v) is 5.02. The molecule has 0 spiro atoms. The average molecular weight is 454 g/mol. The van der Waals surface area contributed by atoms with Crippen LogP contribution in [0.15, 0.2) is 52.1 Å². The van der Waals surface area contributed by atoms with Gasteiger partial charge in [-0.2, -0.15) is 0 Å². The fraction of sp³-hybridized carbons (Fsp3) is 0.211. The highest BCUT2D eigenvalue weighted by Crippen LogP contribution is 2.31. The van der Waals surface area contributed by atoms with Gasteiger partial charge in [-0.1, -0.05) is 35.0 Å². The summed E-state index contributed by atoms with van der Waals surface area (Å²) < 4.78 is 16.4. The van der Waals surface area contributed by atoms with Gasteiger partial charge in [-0.25, -0.2) is 0 Å². The van der Waals surface area contributed by atoms with Gasteiger partial charge in [-0.05, 0) is 49.4 Å². The number of thioether (sulfide) groups is 1. The van der Waals surface area contributed by atoms with Crippen molar-refractivity contribution in [3.63, 3.8) is 0 Å². The quantitative estimate of drug-likeness (QED) is 0.465. The highest BCUT2D eigenvalue weighted by Gasteiger charge is 2.18. The number of ether oxygens (including phenoxy) is 2. The van der Waals surface area contributed by atoms with Crippen molar-refractivity contribution >= 4 is 46.6 Å². The Morgan fingerprint density at radius 1 is 1.21 bits per heavy atom. The van der Waals surface area contributed by atoms with E-state index >= 15 is 0 Å². The zero-order chi connectivity index (χ0) is 20.8. The molecule has 0 saturated heterocycles. The van der Waals surface area contributed by atoms with E-state index in [0.29, 0.717) is 27.2 Å². The number of aromatic nitrogens is 2. The summed E-state index contributed by atoms with van der Waals surface area (Å²) in [4.78, 5) is 12.1. The number of nitrogens with one attached hydrogen (secondary N) is 1. The Balaban J connectivity index is 1.51. The van der Waals surface area contributed by atoms with Gasteiger partial charge >= 0.3 is 0 Å². The van der Waals surface area contributed by atoms with Gasteiger partial charge in [0.05, 0.1) is 17.9 Å². The number of hydrogen-bond acceptors (Lipinski definition) is 7. The highest BCUT2D eigenvalue weighted by atomic mass is 35.5. The lowest BCUT2D eigenvalue weighted by Crippen LogP contribution is -2.13. The van der Waals surface area contributed by atoms with Gasteiger partial charge in [-0.3, -0.25) is 4.79 Å². The van der Waals surface area contributed by atoms with Crippen molar-refractivity contribution in [1.29, 1.82) is 0 Å². The van der Waals surface area contributed by atoms with Crippen molar-refractivity contribution in [3.05, 3.63) is 58.4 Å². The van der Waals surface area contributed by atoms with Crippen molar-refractivity contribution in [3.8, 4) is 11.5 Å². The molecule has 7 nitrogen and oxygen atoms in total. The Bertz CT molecular complexity index is 982. The molecule has 1 aromatic heterocycles. The molecule has 0 aliphatic heterocycles. The fourth-order valence-electron chi connectivity index (χ4n) is 2.25. The summed E-state index contributed by atoms with van der Waals surface area (Å²) in [5, 5.41) is 11.8. The molecule has 0 unspecified atom stereocenters. The molecule has 10 heteroatoms. The molecule has 152 valence electrons. The SMILES string of the molecule is COc1ccc(NC(=O)CSc2nnc([C@H](C)Oc3ccc(Cl)cc3Cl)o2)cc1. The molecular weight excluding hydrogens is 437 g/mol. The van der Waals surface area contributed by atoms with E-state index in [2.05, 4.69) is 15.5 Å². The second-order valence-corrected chi connectivity index (χ2v) is 7.58. The van der Waals surface area contributed by atoms with Gasteiger partial charge in [0.25, 0.3) is 11.1 Å². The van der Waals surface area contributed by atoms with Crippen LogP contribution in [0.1, 0.15) is 18.9 Å². The topological polar surface area (TPSA) is 86.5 Å². The minimum Gasteiger partial charge on any atom is -0.497 e. The molecule has 1 N–H and O–H groups in total. The Labute approximate surface area is 181 Å². The zero-order valence-electron chi connectivity index (χ0n) is 15.5. The van der Waals surface area contributed by atoms with Crippen LogP contribution in [0.2, 0.25) is 10.0 Å². The molecule has 1 amide bonds. The number of hydrogen-bond donors (Lipinski definition) is 1. The van der Waals surface area contributed by atoms with E-state index in [1.165, 1.54) is 0 Å². The molecule has 2 aromatic carbocycles. The first kappa shape index (κ1) is 21.3. The normalized spacial score (nSPS) is 11.7. The van der Waals surface area contributed by atoms with Crippen LogP contribution in [-0.2, 0) is 4.79 Å². The van der Waals surface area contributed by atoms with Gasteiger partial charge in [0, 0.05) is 10.7 Å². The summed E-state index contributed by atoms with van der Waals surface area (Å²) in [6, 6.07) is 12.0. The number of methoxy groups -OCH3 is 1. The van der Waals surface area contributed by atoms with Crippen molar-refractivity contribution in [2.45, 2.75) is 18.3 Å². The van der Waals surface area contributed by atoms with Gasteiger partial charge in [-0.15, -0.1) is 10.2 Å². The van der Waals surface area contributed by atoms with Crippen LogP contribution >= 0.6 is 35.0 Å². The van der Waals surface area contributed by atoms with Crippen molar-refractivity contribution in [1.82, 2.24) is 10.2 Å². The number of carbonyl (C=O) groups excluding carboxylic acids is 1. The molecule has 1 heterocycles. The van der Waals surface area contributed by atoms with E-state index in [1.807, 2.05) is 0 Å². The first-order valence-electron chi connectivity index (χ1n) is 8.46. The molecule has 0 aliphatic rings.